The molecular weight excluding hydrogens is 368 g/mol. The van der Waals surface area contributed by atoms with Crippen LogP contribution in [0.15, 0.2) is 84.0 Å². The minimum absolute atomic E-state index is 0.541. The first-order valence-electron chi connectivity index (χ1n) is 9.23. The van der Waals surface area contributed by atoms with Gasteiger partial charge < -0.3 is 14.0 Å². The number of rotatable bonds is 8. The van der Waals surface area contributed by atoms with Crippen molar-refractivity contribution in [3.05, 3.63) is 84.4 Å². The number of hydrogen-bond donors (Lipinski definition) is 0. The van der Waals surface area contributed by atoms with Gasteiger partial charge in [0.2, 0.25) is 0 Å². The van der Waals surface area contributed by atoms with Gasteiger partial charge in [0.1, 0.15) is 6.61 Å². The molecule has 4 nitrogen and oxygen atoms in total. The second-order valence-electron chi connectivity index (χ2n) is 6.31. The SMILES string of the molecule is COc1ccccc1OCCn1c(SCc2ccccc2)nc2ccccc21. The summed E-state index contributed by atoms with van der Waals surface area (Å²) in [6.07, 6.45) is 0. The lowest BCUT2D eigenvalue weighted by Crippen LogP contribution is -2.09. The van der Waals surface area contributed by atoms with Crippen LogP contribution in [0, 0.1) is 0 Å². The largest absolute Gasteiger partial charge is 0.493 e. The van der Waals surface area contributed by atoms with E-state index in [2.05, 4.69) is 41.0 Å². The smallest absolute Gasteiger partial charge is 0.169 e. The fraction of sp³-hybridized carbons (Fsp3) is 0.174. The summed E-state index contributed by atoms with van der Waals surface area (Å²) in [5.41, 5.74) is 3.42. The molecule has 0 spiro atoms. The number of thioether (sulfide) groups is 1. The average Bonchev–Trinajstić information content (AvgIpc) is 3.11. The molecule has 4 rings (SSSR count). The predicted molar refractivity (Wildman–Crippen MR) is 114 cm³/mol. The highest BCUT2D eigenvalue weighted by Crippen LogP contribution is 2.28. The molecule has 0 aliphatic carbocycles. The lowest BCUT2D eigenvalue weighted by Gasteiger charge is -2.12. The van der Waals surface area contributed by atoms with Gasteiger partial charge in [-0.25, -0.2) is 4.98 Å². The molecule has 0 aliphatic heterocycles. The Hall–Kier alpha value is -2.92. The Morgan fingerprint density at radius 3 is 2.39 bits per heavy atom. The maximum absolute atomic E-state index is 5.99. The third-order valence-electron chi connectivity index (χ3n) is 4.47. The van der Waals surface area contributed by atoms with Crippen LogP contribution < -0.4 is 9.47 Å². The quantitative estimate of drug-likeness (QED) is 0.377. The van der Waals surface area contributed by atoms with Crippen LogP contribution in [0.1, 0.15) is 5.56 Å². The van der Waals surface area contributed by atoms with E-state index in [4.69, 9.17) is 14.5 Å². The summed E-state index contributed by atoms with van der Waals surface area (Å²) in [6.45, 7) is 1.26. The van der Waals surface area contributed by atoms with E-state index >= 15 is 0 Å². The van der Waals surface area contributed by atoms with Gasteiger partial charge >= 0.3 is 0 Å². The number of benzene rings is 3. The highest BCUT2D eigenvalue weighted by atomic mass is 32.2. The van der Waals surface area contributed by atoms with E-state index in [0.717, 1.165) is 40.0 Å². The van der Waals surface area contributed by atoms with Crippen molar-refractivity contribution in [2.45, 2.75) is 17.5 Å². The van der Waals surface area contributed by atoms with Crippen molar-refractivity contribution in [1.82, 2.24) is 9.55 Å². The van der Waals surface area contributed by atoms with Crippen LogP contribution in [0.3, 0.4) is 0 Å². The third kappa shape index (κ3) is 4.15. The van der Waals surface area contributed by atoms with Gasteiger partial charge in [-0.15, -0.1) is 0 Å². The van der Waals surface area contributed by atoms with Crippen LogP contribution >= 0.6 is 11.8 Å². The standard InChI is InChI=1S/C23H22N2O2S/c1-26-21-13-7-8-14-22(21)27-16-15-25-20-12-6-5-11-19(20)24-23(25)28-17-18-9-3-2-4-10-18/h2-14H,15-17H2,1H3. The van der Waals surface area contributed by atoms with Crippen molar-refractivity contribution >= 4 is 22.8 Å². The number of fused-ring (bicyclic) bond motifs is 1. The molecule has 5 heteroatoms. The van der Waals surface area contributed by atoms with Gasteiger partial charge in [-0.3, -0.25) is 0 Å². The zero-order valence-corrected chi connectivity index (χ0v) is 16.6. The van der Waals surface area contributed by atoms with Gasteiger partial charge in [-0.1, -0.05) is 66.4 Å². The predicted octanol–water partition coefficient (Wildman–Crippen LogP) is 5.42. The minimum Gasteiger partial charge on any atom is -0.493 e. The maximum Gasteiger partial charge on any atom is 0.169 e. The Kier molecular flexibility index (Phi) is 5.83. The van der Waals surface area contributed by atoms with Crippen molar-refractivity contribution in [1.29, 1.82) is 0 Å². The van der Waals surface area contributed by atoms with Crippen molar-refractivity contribution in [2.75, 3.05) is 13.7 Å². The van der Waals surface area contributed by atoms with Gasteiger partial charge in [0, 0.05) is 5.75 Å². The molecular formula is C23H22N2O2S. The van der Waals surface area contributed by atoms with Crippen LogP contribution in [-0.4, -0.2) is 23.3 Å². The highest BCUT2D eigenvalue weighted by molar-refractivity contribution is 7.98. The molecule has 1 aromatic heterocycles. The zero-order valence-electron chi connectivity index (χ0n) is 15.7. The molecule has 0 fully saturated rings. The number of imidazole rings is 1. The van der Waals surface area contributed by atoms with Crippen molar-refractivity contribution < 1.29 is 9.47 Å². The van der Waals surface area contributed by atoms with Crippen LogP contribution in [-0.2, 0) is 12.3 Å². The van der Waals surface area contributed by atoms with Gasteiger partial charge in [0.15, 0.2) is 16.7 Å². The van der Waals surface area contributed by atoms with Gasteiger partial charge in [-0.2, -0.15) is 0 Å². The molecule has 0 aliphatic rings. The Labute approximate surface area is 169 Å². The first-order valence-corrected chi connectivity index (χ1v) is 10.2. The van der Waals surface area contributed by atoms with Gasteiger partial charge in [0.25, 0.3) is 0 Å². The normalized spacial score (nSPS) is 10.9. The van der Waals surface area contributed by atoms with Crippen LogP contribution in [0.5, 0.6) is 11.5 Å². The molecule has 0 atom stereocenters. The van der Waals surface area contributed by atoms with E-state index < -0.39 is 0 Å². The summed E-state index contributed by atoms with van der Waals surface area (Å²) in [7, 11) is 1.66. The molecule has 4 aromatic rings. The number of methoxy groups -OCH3 is 1. The summed E-state index contributed by atoms with van der Waals surface area (Å²) in [6, 6.07) is 26.4. The maximum atomic E-state index is 5.99. The molecule has 0 radical (unpaired) electrons. The fourth-order valence-electron chi connectivity index (χ4n) is 3.09. The number of hydrogen-bond acceptors (Lipinski definition) is 4. The number of ether oxygens (including phenoxy) is 2. The number of aromatic nitrogens is 2. The van der Waals surface area contributed by atoms with E-state index in [1.807, 2.05) is 42.5 Å². The summed E-state index contributed by atoms with van der Waals surface area (Å²) in [4.78, 5) is 4.83. The Morgan fingerprint density at radius 1 is 0.857 bits per heavy atom. The second-order valence-corrected chi connectivity index (χ2v) is 7.25. The zero-order chi connectivity index (χ0) is 19.2. The Morgan fingerprint density at radius 2 is 1.57 bits per heavy atom. The van der Waals surface area contributed by atoms with Crippen LogP contribution in [0.4, 0.5) is 0 Å². The lowest BCUT2D eigenvalue weighted by molar-refractivity contribution is 0.278. The molecule has 0 amide bonds. The molecule has 0 bridgehead atoms. The first kappa shape index (κ1) is 18.4. The summed E-state index contributed by atoms with van der Waals surface area (Å²) in [5, 5.41) is 1.01. The van der Waals surface area contributed by atoms with E-state index in [-0.39, 0.29) is 0 Å². The average molecular weight is 391 g/mol. The van der Waals surface area contributed by atoms with Crippen molar-refractivity contribution in [3.63, 3.8) is 0 Å². The van der Waals surface area contributed by atoms with Gasteiger partial charge in [0.05, 0.1) is 24.7 Å². The molecule has 0 saturated carbocycles. The van der Waals surface area contributed by atoms with E-state index in [0.29, 0.717) is 6.61 Å². The summed E-state index contributed by atoms with van der Waals surface area (Å²) in [5.74, 6) is 2.39. The highest BCUT2D eigenvalue weighted by Gasteiger charge is 2.12. The molecule has 142 valence electrons. The van der Waals surface area contributed by atoms with Crippen molar-refractivity contribution in [3.8, 4) is 11.5 Å². The number of nitrogens with zero attached hydrogens (tertiary/aromatic N) is 2. The third-order valence-corrected chi connectivity index (χ3v) is 5.52. The van der Waals surface area contributed by atoms with E-state index in [1.165, 1.54) is 5.56 Å². The Balaban J connectivity index is 1.51. The molecule has 1 heterocycles. The summed E-state index contributed by atoms with van der Waals surface area (Å²) < 4.78 is 13.6. The van der Waals surface area contributed by atoms with E-state index in [1.54, 1.807) is 18.9 Å². The topological polar surface area (TPSA) is 36.3 Å². The molecule has 0 saturated heterocycles. The second kappa shape index (κ2) is 8.85. The molecule has 0 unspecified atom stereocenters. The molecule has 3 aromatic carbocycles. The van der Waals surface area contributed by atoms with Crippen molar-refractivity contribution in [2.24, 2.45) is 0 Å². The monoisotopic (exact) mass is 390 g/mol. The van der Waals surface area contributed by atoms with Gasteiger partial charge in [-0.05, 0) is 29.8 Å². The lowest BCUT2D eigenvalue weighted by atomic mass is 10.2. The van der Waals surface area contributed by atoms with E-state index in [9.17, 15) is 0 Å². The summed E-state index contributed by atoms with van der Waals surface area (Å²) >= 11 is 1.75. The molecule has 28 heavy (non-hydrogen) atoms. The number of para-hydroxylation sites is 4. The Bertz CT molecular complexity index is 1050. The van der Waals surface area contributed by atoms with Crippen LogP contribution in [0.25, 0.3) is 11.0 Å². The first-order chi connectivity index (χ1) is 13.8. The van der Waals surface area contributed by atoms with Crippen LogP contribution in [0.2, 0.25) is 0 Å². The minimum atomic E-state index is 0.541. The molecule has 0 N–H and O–H groups in total. The fourth-order valence-corrected chi connectivity index (χ4v) is 4.08.